The SMILES string of the molecule is CCCC(C)Oc1nc(N)c2nc(OC)n(CCCCC3CCN(CC)CC3)c2n1. The number of ether oxygens (including phenoxy) is 2. The van der Waals surface area contributed by atoms with Crippen molar-refractivity contribution in [2.75, 3.05) is 32.5 Å². The summed E-state index contributed by atoms with van der Waals surface area (Å²) in [4.78, 5) is 16.0. The Labute approximate surface area is 180 Å². The van der Waals surface area contributed by atoms with Crippen LogP contribution in [-0.2, 0) is 6.54 Å². The summed E-state index contributed by atoms with van der Waals surface area (Å²) >= 11 is 0. The Bertz CT molecular complexity index is 801. The van der Waals surface area contributed by atoms with Crippen LogP contribution in [0.25, 0.3) is 11.2 Å². The molecule has 0 saturated carbocycles. The van der Waals surface area contributed by atoms with Crippen LogP contribution < -0.4 is 15.2 Å². The molecule has 1 atom stereocenters. The third-order valence-corrected chi connectivity index (χ3v) is 6.15. The summed E-state index contributed by atoms with van der Waals surface area (Å²) in [6.07, 6.45) is 8.22. The number of hydrogen-bond acceptors (Lipinski definition) is 7. The summed E-state index contributed by atoms with van der Waals surface area (Å²) in [5.74, 6) is 1.19. The van der Waals surface area contributed by atoms with Crippen molar-refractivity contribution >= 4 is 17.0 Å². The van der Waals surface area contributed by atoms with Crippen molar-refractivity contribution in [3.63, 3.8) is 0 Å². The zero-order valence-electron chi connectivity index (χ0n) is 19.1. The molecule has 0 aliphatic carbocycles. The van der Waals surface area contributed by atoms with E-state index in [1.165, 1.54) is 45.3 Å². The molecule has 30 heavy (non-hydrogen) atoms. The first-order valence-corrected chi connectivity index (χ1v) is 11.5. The van der Waals surface area contributed by atoms with Crippen LogP contribution in [0, 0.1) is 5.92 Å². The highest BCUT2D eigenvalue weighted by Gasteiger charge is 2.20. The number of likely N-dealkylation sites (tertiary alicyclic amines) is 1. The number of rotatable bonds is 11. The molecular weight excluding hydrogens is 380 g/mol. The number of aromatic nitrogens is 4. The first-order chi connectivity index (χ1) is 14.5. The smallest absolute Gasteiger partial charge is 0.320 e. The van der Waals surface area contributed by atoms with E-state index >= 15 is 0 Å². The summed E-state index contributed by atoms with van der Waals surface area (Å²) in [7, 11) is 1.63. The number of piperidine rings is 1. The van der Waals surface area contributed by atoms with E-state index in [0.717, 1.165) is 31.7 Å². The molecule has 8 nitrogen and oxygen atoms in total. The molecule has 1 saturated heterocycles. The first kappa shape index (κ1) is 22.6. The number of unbranched alkanes of at least 4 members (excludes halogenated alkanes) is 1. The van der Waals surface area contributed by atoms with E-state index in [0.29, 0.717) is 29.0 Å². The standard InChI is InChI=1S/C22H38N6O2/c1-5-9-16(3)30-21-25-19(23)18-20(26-21)28(22(24-18)29-4)13-8-7-10-17-11-14-27(6-2)15-12-17/h16-17H,5-15H2,1-4H3,(H2,23,25,26). The van der Waals surface area contributed by atoms with E-state index in [2.05, 4.69) is 33.7 Å². The lowest BCUT2D eigenvalue weighted by Crippen LogP contribution is -2.33. The Kier molecular flexibility index (Phi) is 8.13. The second-order valence-corrected chi connectivity index (χ2v) is 8.40. The first-order valence-electron chi connectivity index (χ1n) is 11.5. The average molecular weight is 419 g/mol. The molecule has 2 aromatic heterocycles. The zero-order valence-corrected chi connectivity index (χ0v) is 19.1. The van der Waals surface area contributed by atoms with Crippen LogP contribution in [0.15, 0.2) is 0 Å². The number of imidazole rings is 1. The summed E-state index contributed by atoms with van der Waals surface area (Å²) < 4.78 is 13.4. The third kappa shape index (κ3) is 5.53. The van der Waals surface area contributed by atoms with Crippen molar-refractivity contribution in [2.24, 2.45) is 5.92 Å². The second-order valence-electron chi connectivity index (χ2n) is 8.40. The van der Waals surface area contributed by atoms with E-state index in [4.69, 9.17) is 15.2 Å². The third-order valence-electron chi connectivity index (χ3n) is 6.15. The van der Waals surface area contributed by atoms with Crippen molar-refractivity contribution in [2.45, 2.75) is 78.4 Å². The van der Waals surface area contributed by atoms with Gasteiger partial charge in [0.15, 0.2) is 17.0 Å². The Hall–Kier alpha value is -2.09. The van der Waals surface area contributed by atoms with Crippen LogP contribution in [0.2, 0.25) is 0 Å². The molecule has 0 amide bonds. The summed E-state index contributed by atoms with van der Waals surface area (Å²) in [5.41, 5.74) is 7.42. The minimum Gasteiger partial charge on any atom is -0.468 e. The van der Waals surface area contributed by atoms with Gasteiger partial charge in [0.25, 0.3) is 6.01 Å². The van der Waals surface area contributed by atoms with E-state index in [9.17, 15) is 0 Å². The largest absolute Gasteiger partial charge is 0.468 e. The lowest BCUT2D eigenvalue weighted by Gasteiger charge is -2.31. The molecule has 1 aliphatic rings. The normalized spacial score (nSPS) is 16.8. The van der Waals surface area contributed by atoms with Gasteiger partial charge in [0, 0.05) is 6.54 Å². The molecule has 3 heterocycles. The maximum absolute atomic E-state index is 6.15. The van der Waals surface area contributed by atoms with Gasteiger partial charge >= 0.3 is 6.01 Å². The van der Waals surface area contributed by atoms with Gasteiger partial charge in [-0.15, -0.1) is 0 Å². The van der Waals surface area contributed by atoms with Gasteiger partial charge in [-0.3, -0.25) is 4.57 Å². The number of fused-ring (bicyclic) bond motifs is 1. The highest BCUT2D eigenvalue weighted by atomic mass is 16.5. The molecule has 3 rings (SSSR count). The van der Waals surface area contributed by atoms with Gasteiger partial charge in [-0.05, 0) is 58.2 Å². The van der Waals surface area contributed by atoms with E-state index in [1.54, 1.807) is 7.11 Å². The highest BCUT2D eigenvalue weighted by molar-refractivity contribution is 5.83. The quantitative estimate of drug-likeness (QED) is 0.554. The van der Waals surface area contributed by atoms with Crippen molar-refractivity contribution in [3.8, 4) is 12.0 Å². The minimum atomic E-state index is 0.0456. The zero-order chi connectivity index (χ0) is 21.5. The second kappa shape index (κ2) is 10.8. The highest BCUT2D eigenvalue weighted by Crippen LogP contribution is 2.27. The van der Waals surface area contributed by atoms with Gasteiger partial charge in [-0.2, -0.15) is 15.0 Å². The number of anilines is 1. The Morgan fingerprint density at radius 2 is 1.90 bits per heavy atom. The van der Waals surface area contributed by atoms with Gasteiger partial charge in [0.2, 0.25) is 0 Å². The molecule has 2 aromatic rings. The monoisotopic (exact) mass is 418 g/mol. The molecule has 0 bridgehead atoms. The lowest BCUT2D eigenvalue weighted by molar-refractivity contribution is 0.184. The summed E-state index contributed by atoms with van der Waals surface area (Å²) in [6, 6.07) is 0.841. The van der Waals surface area contributed by atoms with Crippen molar-refractivity contribution in [1.82, 2.24) is 24.4 Å². The van der Waals surface area contributed by atoms with Crippen LogP contribution in [0.5, 0.6) is 12.0 Å². The van der Waals surface area contributed by atoms with Crippen LogP contribution in [0.3, 0.4) is 0 Å². The molecule has 1 aliphatic heterocycles. The number of nitrogens with zero attached hydrogens (tertiary/aromatic N) is 5. The summed E-state index contributed by atoms with van der Waals surface area (Å²) in [5, 5.41) is 0. The van der Waals surface area contributed by atoms with Crippen molar-refractivity contribution < 1.29 is 9.47 Å². The van der Waals surface area contributed by atoms with Crippen LogP contribution in [0.4, 0.5) is 5.82 Å². The molecule has 2 N–H and O–H groups in total. The maximum atomic E-state index is 6.15. The van der Waals surface area contributed by atoms with Crippen molar-refractivity contribution in [3.05, 3.63) is 0 Å². The maximum Gasteiger partial charge on any atom is 0.320 e. The van der Waals surface area contributed by atoms with Gasteiger partial charge in [-0.25, -0.2) is 0 Å². The van der Waals surface area contributed by atoms with Crippen LogP contribution >= 0.6 is 0 Å². The Balaban J connectivity index is 1.64. The van der Waals surface area contributed by atoms with E-state index < -0.39 is 0 Å². The number of nitrogen functional groups attached to an aromatic ring is 1. The predicted molar refractivity (Wildman–Crippen MR) is 120 cm³/mol. The van der Waals surface area contributed by atoms with Gasteiger partial charge in [-0.1, -0.05) is 33.1 Å². The number of methoxy groups -OCH3 is 1. The summed E-state index contributed by atoms with van der Waals surface area (Å²) in [6.45, 7) is 10.9. The van der Waals surface area contributed by atoms with Crippen LogP contribution in [-0.4, -0.2) is 57.3 Å². The average Bonchev–Trinajstić information content (AvgIpc) is 3.10. The predicted octanol–water partition coefficient (Wildman–Crippen LogP) is 3.89. The molecule has 1 fully saturated rings. The van der Waals surface area contributed by atoms with E-state index in [1.807, 2.05) is 11.5 Å². The Morgan fingerprint density at radius 1 is 1.13 bits per heavy atom. The molecule has 0 spiro atoms. The molecule has 0 aromatic carbocycles. The fourth-order valence-corrected chi connectivity index (χ4v) is 4.33. The topological polar surface area (TPSA) is 91.3 Å². The van der Waals surface area contributed by atoms with Gasteiger partial charge in [0.05, 0.1) is 13.2 Å². The number of aryl methyl sites for hydroxylation is 1. The van der Waals surface area contributed by atoms with Gasteiger partial charge < -0.3 is 20.1 Å². The molecule has 8 heteroatoms. The lowest BCUT2D eigenvalue weighted by atomic mass is 9.91. The molecular formula is C22H38N6O2. The van der Waals surface area contributed by atoms with Crippen LogP contribution in [0.1, 0.15) is 65.7 Å². The number of hydrogen-bond donors (Lipinski definition) is 1. The minimum absolute atomic E-state index is 0.0456. The molecule has 0 radical (unpaired) electrons. The Morgan fingerprint density at radius 3 is 2.57 bits per heavy atom. The molecule has 168 valence electrons. The fraction of sp³-hybridized carbons (Fsp3) is 0.773. The fourth-order valence-electron chi connectivity index (χ4n) is 4.33. The van der Waals surface area contributed by atoms with Gasteiger partial charge in [0.1, 0.15) is 0 Å². The molecule has 1 unspecified atom stereocenters. The van der Waals surface area contributed by atoms with Crippen molar-refractivity contribution in [1.29, 1.82) is 0 Å². The van der Waals surface area contributed by atoms with E-state index in [-0.39, 0.29) is 6.10 Å². The number of nitrogens with two attached hydrogens (primary N) is 1.